The molecule has 5 nitrogen and oxygen atoms in total. The molecule has 0 atom stereocenters. The minimum Gasteiger partial charge on any atom is -0.285 e. The molecule has 0 N–H and O–H groups in total. The van der Waals surface area contributed by atoms with Gasteiger partial charge < -0.3 is 0 Å². The molecular weight excluding hydrogens is 240 g/mol. The minimum absolute atomic E-state index is 0.130. The molecule has 19 heavy (non-hydrogen) atoms. The van der Waals surface area contributed by atoms with Gasteiger partial charge in [-0.05, 0) is 24.3 Å². The first-order valence-electron chi connectivity index (χ1n) is 5.89. The van der Waals surface area contributed by atoms with Crippen LogP contribution in [0.5, 0.6) is 0 Å². The zero-order valence-corrected chi connectivity index (χ0v) is 10.4. The van der Waals surface area contributed by atoms with Crippen LogP contribution in [0.1, 0.15) is 16.2 Å². The van der Waals surface area contributed by atoms with Crippen molar-refractivity contribution in [3.63, 3.8) is 0 Å². The summed E-state index contributed by atoms with van der Waals surface area (Å²) in [4.78, 5) is 12.2. The fourth-order valence-corrected chi connectivity index (χ4v) is 1.90. The second-order valence-electron chi connectivity index (χ2n) is 4.15. The monoisotopic (exact) mass is 252 g/mol. The van der Waals surface area contributed by atoms with E-state index in [4.69, 9.17) is 0 Å². The van der Waals surface area contributed by atoms with Gasteiger partial charge in [-0.3, -0.25) is 9.48 Å². The maximum absolute atomic E-state index is 12.2. The Morgan fingerprint density at radius 2 is 1.89 bits per heavy atom. The number of hydrogen-bond acceptors (Lipinski definition) is 3. The third-order valence-electron chi connectivity index (χ3n) is 2.90. The van der Waals surface area contributed by atoms with Gasteiger partial charge in [-0.25, -0.2) is 4.68 Å². The van der Waals surface area contributed by atoms with Crippen molar-refractivity contribution in [1.29, 1.82) is 0 Å². The molecule has 0 amide bonds. The molecule has 94 valence electrons. The van der Waals surface area contributed by atoms with E-state index in [0.29, 0.717) is 11.4 Å². The van der Waals surface area contributed by atoms with Crippen LogP contribution in [0.25, 0.3) is 5.69 Å². The number of carbonyl (C=O) groups is 1. The normalized spacial score (nSPS) is 10.6. The van der Waals surface area contributed by atoms with Gasteiger partial charge in [-0.15, -0.1) is 0 Å². The molecule has 0 unspecified atom stereocenters. The first-order chi connectivity index (χ1) is 9.25. The third kappa shape index (κ3) is 2.06. The first-order valence-corrected chi connectivity index (χ1v) is 5.89. The van der Waals surface area contributed by atoms with Crippen LogP contribution in [0.15, 0.2) is 54.9 Å². The number of ketones is 1. The summed E-state index contributed by atoms with van der Waals surface area (Å²) in [5.41, 5.74) is 1.86. The number of benzene rings is 1. The number of aromatic nitrogens is 4. The lowest BCUT2D eigenvalue weighted by atomic mass is 10.2. The van der Waals surface area contributed by atoms with Crippen molar-refractivity contribution < 1.29 is 4.79 Å². The first kappa shape index (κ1) is 11.4. The number of nitrogens with zero attached hydrogens (tertiary/aromatic N) is 4. The SMILES string of the molecule is Cn1nccc1C(=O)c1ccn(-c2ccccc2)n1. The predicted octanol–water partition coefficient (Wildman–Crippen LogP) is 1.84. The molecule has 0 aliphatic heterocycles. The molecule has 3 aromatic rings. The summed E-state index contributed by atoms with van der Waals surface area (Å²) in [6.07, 6.45) is 3.38. The van der Waals surface area contributed by atoms with Crippen LogP contribution in [-0.2, 0) is 7.05 Å². The van der Waals surface area contributed by atoms with Crippen LogP contribution in [0, 0.1) is 0 Å². The van der Waals surface area contributed by atoms with Crippen LogP contribution < -0.4 is 0 Å². The van der Waals surface area contributed by atoms with Gasteiger partial charge in [0.1, 0.15) is 11.4 Å². The maximum atomic E-state index is 12.2. The van der Waals surface area contributed by atoms with E-state index in [1.54, 1.807) is 40.9 Å². The highest BCUT2D eigenvalue weighted by atomic mass is 16.1. The van der Waals surface area contributed by atoms with Gasteiger partial charge in [0.25, 0.3) is 0 Å². The molecule has 3 rings (SSSR count). The zero-order valence-electron chi connectivity index (χ0n) is 10.4. The van der Waals surface area contributed by atoms with Gasteiger partial charge in [0.2, 0.25) is 5.78 Å². The molecule has 0 aliphatic rings. The molecule has 0 fully saturated rings. The van der Waals surface area contributed by atoms with Crippen molar-refractivity contribution in [2.45, 2.75) is 0 Å². The second-order valence-corrected chi connectivity index (χ2v) is 4.15. The zero-order chi connectivity index (χ0) is 13.2. The van der Waals surface area contributed by atoms with E-state index in [1.165, 1.54) is 0 Å². The third-order valence-corrected chi connectivity index (χ3v) is 2.90. The number of hydrogen-bond donors (Lipinski definition) is 0. The average Bonchev–Trinajstić information content (AvgIpc) is 3.08. The summed E-state index contributed by atoms with van der Waals surface area (Å²) in [6, 6.07) is 13.1. The van der Waals surface area contributed by atoms with Gasteiger partial charge in [0.05, 0.1) is 5.69 Å². The average molecular weight is 252 g/mol. The van der Waals surface area contributed by atoms with E-state index >= 15 is 0 Å². The van der Waals surface area contributed by atoms with Crippen molar-refractivity contribution in [1.82, 2.24) is 19.6 Å². The molecule has 2 heterocycles. The van der Waals surface area contributed by atoms with Crippen molar-refractivity contribution in [2.24, 2.45) is 7.05 Å². The maximum Gasteiger partial charge on any atom is 0.231 e. The summed E-state index contributed by atoms with van der Waals surface area (Å²) in [7, 11) is 1.74. The molecule has 0 spiro atoms. The quantitative estimate of drug-likeness (QED) is 0.668. The van der Waals surface area contributed by atoms with Gasteiger partial charge in [-0.1, -0.05) is 18.2 Å². The Bertz CT molecular complexity index is 712. The fourth-order valence-electron chi connectivity index (χ4n) is 1.90. The van der Waals surface area contributed by atoms with Crippen LogP contribution in [-0.4, -0.2) is 25.3 Å². The predicted molar refractivity (Wildman–Crippen MR) is 70.2 cm³/mol. The number of carbonyl (C=O) groups excluding carboxylic acids is 1. The van der Waals surface area contributed by atoms with E-state index < -0.39 is 0 Å². The van der Waals surface area contributed by atoms with E-state index in [1.807, 2.05) is 30.3 Å². The van der Waals surface area contributed by atoms with Crippen molar-refractivity contribution in [3.05, 3.63) is 66.2 Å². The van der Waals surface area contributed by atoms with E-state index in [0.717, 1.165) is 5.69 Å². The summed E-state index contributed by atoms with van der Waals surface area (Å²) in [5, 5.41) is 8.29. The Morgan fingerprint density at radius 1 is 1.11 bits per heavy atom. The summed E-state index contributed by atoms with van der Waals surface area (Å²) >= 11 is 0. The number of para-hydroxylation sites is 1. The number of aryl methyl sites for hydroxylation is 1. The number of rotatable bonds is 3. The van der Waals surface area contributed by atoms with Crippen LogP contribution in [0.2, 0.25) is 0 Å². The highest BCUT2D eigenvalue weighted by Crippen LogP contribution is 2.10. The Labute approximate surface area is 110 Å². The van der Waals surface area contributed by atoms with Gasteiger partial charge in [0, 0.05) is 19.4 Å². The fraction of sp³-hybridized carbons (Fsp3) is 0.0714. The molecule has 0 aliphatic carbocycles. The Morgan fingerprint density at radius 3 is 2.58 bits per heavy atom. The van der Waals surface area contributed by atoms with Crippen LogP contribution in [0.3, 0.4) is 0 Å². The molecule has 1 aromatic carbocycles. The van der Waals surface area contributed by atoms with Gasteiger partial charge in [0.15, 0.2) is 0 Å². The van der Waals surface area contributed by atoms with Crippen molar-refractivity contribution in [2.75, 3.05) is 0 Å². The van der Waals surface area contributed by atoms with Crippen LogP contribution >= 0.6 is 0 Å². The Balaban J connectivity index is 1.94. The lowest BCUT2D eigenvalue weighted by Gasteiger charge is -2.00. The standard InChI is InChI=1S/C14H12N4O/c1-17-13(7-9-15-17)14(19)12-8-10-18(16-12)11-5-3-2-4-6-11/h2-10H,1H3. The Hall–Kier alpha value is -2.69. The smallest absolute Gasteiger partial charge is 0.231 e. The molecule has 0 saturated carbocycles. The molecule has 0 saturated heterocycles. The van der Waals surface area contributed by atoms with E-state index in [9.17, 15) is 4.79 Å². The van der Waals surface area contributed by atoms with E-state index in [2.05, 4.69) is 10.2 Å². The summed E-state index contributed by atoms with van der Waals surface area (Å²) in [5.74, 6) is -0.130. The molecule has 5 heteroatoms. The largest absolute Gasteiger partial charge is 0.285 e. The highest BCUT2D eigenvalue weighted by molar-refractivity contribution is 6.06. The molecule has 0 bridgehead atoms. The lowest BCUT2D eigenvalue weighted by molar-refractivity contribution is 0.102. The molecule has 2 aromatic heterocycles. The minimum atomic E-state index is -0.130. The summed E-state index contributed by atoms with van der Waals surface area (Å²) < 4.78 is 3.23. The second kappa shape index (κ2) is 4.53. The van der Waals surface area contributed by atoms with Gasteiger partial charge >= 0.3 is 0 Å². The highest BCUT2D eigenvalue weighted by Gasteiger charge is 2.15. The van der Waals surface area contributed by atoms with Crippen molar-refractivity contribution in [3.8, 4) is 5.69 Å². The summed E-state index contributed by atoms with van der Waals surface area (Å²) in [6.45, 7) is 0. The Kier molecular flexibility index (Phi) is 2.72. The van der Waals surface area contributed by atoms with Crippen LogP contribution in [0.4, 0.5) is 0 Å². The molecular formula is C14H12N4O. The topological polar surface area (TPSA) is 52.7 Å². The van der Waals surface area contributed by atoms with Crippen molar-refractivity contribution >= 4 is 5.78 Å². The van der Waals surface area contributed by atoms with E-state index in [-0.39, 0.29) is 5.78 Å². The van der Waals surface area contributed by atoms with Gasteiger partial charge in [-0.2, -0.15) is 10.2 Å². The lowest BCUT2D eigenvalue weighted by Crippen LogP contribution is -2.09. The molecule has 0 radical (unpaired) electrons.